The third kappa shape index (κ3) is 4.91. The van der Waals surface area contributed by atoms with E-state index >= 15 is 0 Å². The number of amides is 1. The summed E-state index contributed by atoms with van der Waals surface area (Å²) in [5, 5.41) is 5.67. The van der Waals surface area contributed by atoms with Crippen LogP contribution >= 0.6 is 27.3 Å². The Morgan fingerprint density at radius 3 is 3.05 bits per heavy atom. The molecule has 0 aliphatic rings. The number of hydrogen-bond donors (Lipinski definition) is 2. The number of thiazole rings is 1. The van der Waals surface area contributed by atoms with Crippen molar-refractivity contribution in [2.45, 2.75) is 25.8 Å². The maximum atomic E-state index is 12.1. The average molecular weight is 368 g/mol. The Kier molecular flexibility index (Phi) is 5.90. The molecule has 112 valence electrons. The molecule has 21 heavy (non-hydrogen) atoms. The van der Waals surface area contributed by atoms with Gasteiger partial charge in [0.15, 0.2) is 0 Å². The molecule has 0 aliphatic carbocycles. The molecular formula is C15H18BrN3OS. The number of aromatic nitrogens is 1. The highest BCUT2D eigenvalue weighted by Gasteiger charge is 2.13. The fourth-order valence-corrected chi connectivity index (χ4v) is 3.26. The normalized spacial score (nSPS) is 12.1. The van der Waals surface area contributed by atoms with Gasteiger partial charge in [0.05, 0.1) is 5.01 Å². The van der Waals surface area contributed by atoms with E-state index in [0.717, 1.165) is 15.9 Å². The fraction of sp³-hybridized carbons (Fsp3) is 0.333. The van der Waals surface area contributed by atoms with Crippen molar-refractivity contribution in [2.24, 2.45) is 5.73 Å². The number of carbonyl (C=O) groups is 1. The van der Waals surface area contributed by atoms with Crippen LogP contribution in [0.15, 0.2) is 34.1 Å². The average Bonchev–Trinajstić information content (AvgIpc) is 2.87. The maximum absolute atomic E-state index is 12.1. The van der Waals surface area contributed by atoms with Gasteiger partial charge in [0.25, 0.3) is 5.91 Å². The molecule has 0 bridgehead atoms. The Labute approximate surface area is 136 Å². The molecule has 0 spiro atoms. The molecule has 0 aliphatic heterocycles. The lowest BCUT2D eigenvalue weighted by Crippen LogP contribution is -2.34. The lowest BCUT2D eigenvalue weighted by molar-refractivity contribution is 0.0935. The van der Waals surface area contributed by atoms with E-state index in [9.17, 15) is 4.79 Å². The van der Waals surface area contributed by atoms with Crippen molar-refractivity contribution in [3.63, 3.8) is 0 Å². The van der Waals surface area contributed by atoms with Crippen LogP contribution in [0.5, 0.6) is 0 Å². The lowest BCUT2D eigenvalue weighted by atomic mass is 10.1. The Hall–Kier alpha value is -1.24. The van der Waals surface area contributed by atoms with Crippen LogP contribution in [0.3, 0.4) is 0 Å². The summed E-state index contributed by atoms with van der Waals surface area (Å²) in [6.45, 7) is 2.54. The molecule has 3 N–H and O–H groups in total. The summed E-state index contributed by atoms with van der Waals surface area (Å²) in [5.41, 5.74) is 7.14. The molecule has 1 unspecified atom stereocenters. The summed E-state index contributed by atoms with van der Waals surface area (Å²) in [5.74, 6) is -0.128. The van der Waals surface area contributed by atoms with Gasteiger partial charge in [-0.15, -0.1) is 11.3 Å². The number of nitrogens with one attached hydrogen (secondary N) is 1. The van der Waals surface area contributed by atoms with E-state index in [1.807, 2.05) is 19.1 Å². The van der Waals surface area contributed by atoms with E-state index in [-0.39, 0.29) is 11.9 Å². The molecule has 0 radical (unpaired) electrons. The van der Waals surface area contributed by atoms with Crippen molar-refractivity contribution in [3.8, 4) is 0 Å². The van der Waals surface area contributed by atoms with E-state index < -0.39 is 0 Å². The zero-order valence-corrected chi connectivity index (χ0v) is 14.2. The van der Waals surface area contributed by atoms with Crippen LogP contribution in [0.4, 0.5) is 0 Å². The molecule has 0 fully saturated rings. The first kappa shape index (κ1) is 16.1. The van der Waals surface area contributed by atoms with Gasteiger partial charge in [0.2, 0.25) is 0 Å². The van der Waals surface area contributed by atoms with Crippen molar-refractivity contribution in [3.05, 3.63) is 50.4 Å². The van der Waals surface area contributed by atoms with Gasteiger partial charge in [-0.05, 0) is 37.6 Å². The van der Waals surface area contributed by atoms with Gasteiger partial charge in [0.1, 0.15) is 5.69 Å². The third-order valence-corrected chi connectivity index (χ3v) is 4.35. The monoisotopic (exact) mass is 367 g/mol. The van der Waals surface area contributed by atoms with Crippen LogP contribution in [0.1, 0.15) is 28.0 Å². The molecule has 0 saturated heterocycles. The molecule has 1 aromatic carbocycles. The molecule has 2 aromatic rings. The smallest absolute Gasteiger partial charge is 0.270 e. The van der Waals surface area contributed by atoms with Crippen molar-refractivity contribution < 1.29 is 4.79 Å². The topological polar surface area (TPSA) is 68.0 Å². The predicted molar refractivity (Wildman–Crippen MR) is 89.6 cm³/mol. The van der Waals surface area contributed by atoms with Gasteiger partial charge < -0.3 is 11.1 Å². The van der Waals surface area contributed by atoms with Crippen LogP contribution in [-0.2, 0) is 12.8 Å². The second kappa shape index (κ2) is 7.68. The van der Waals surface area contributed by atoms with Crippen LogP contribution in [0, 0.1) is 0 Å². The first-order valence-electron chi connectivity index (χ1n) is 6.78. The van der Waals surface area contributed by atoms with Gasteiger partial charge >= 0.3 is 0 Å². The second-order valence-corrected chi connectivity index (χ2v) is 6.73. The molecule has 1 amide bonds. The Morgan fingerprint density at radius 2 is 2.33 bits per heavy atom. The van der Waals surface area contributed by atoms with Crippen LogP contribution in [-0.4, -0.2) is 23.5 Å². The Bertz CT molecular complexity index is 614. The van der Waals surface area contributed by atoms with Gasteiger partial charge in [-0.1, -0.05) is 28.1 Å². The van der Waals surface area contributed by atoms with Gasteiger partial charge in [0, 0.05) is 22.3 Å². The Balaban J connectivity index is 1.92. The summed E-state index contributed by atoms with van der Waals surface area (Å²) in [6, 6.07) is 8.14. The number of halogens is 1. The molecule has 6 heteroatoms. The molecule has 4 nitrogen and oxygen atoms in total. The zero-order valence-electron chi connectivity index (χ0n) is 11.8. The van der Waals surface area contributed by atoms with Crippen molar-refractivity contribution in [1.29, 1.82) is 0 Å². The summed E-state index contributed by atoms with van der Waals surface area (Å²) < 4.78 is 1.05. The van der Waals surface area contributed by atoms with Crippen LogP contribution in [0.25, 0.3) is 0 Å². The lowest BCUT2D eigenvalue weighted by Gasteiger charge is -2.13. The zero-order chi connectivity index (χ0) is 15.2. The van der Waals surface area contributed by atoms with Gasteiger partial charge in [-0.3, -0.25) is 4.79 Å². The van der Waals surface area contributed by atoms with E-state index in [0.29, 0.717) is 18.7 Å². The van der Waals surface area contributed by atoms with Crippen molar-refractivity contribution in [1.82, 2.24) is 10.3 Å². The first-order valence-corrected chi connectivity index (χ1v) is 8.45. The minimum atomic E-state index is -0.128. The largest absolute Gasteiger partial charge is 0.348 e. The highest BCUT2D eigenvalue weighted by atomic mass is 79.9. The molecule has 2 rings (SSSR count). The van der Waals surface area contributed by atoms with Gasteiger partial charge in [-0.25, -0.2) is 4.98 Å². The van der Waals surface area contributed by atoms with Crippen LogP contribution in [0.2, 0.25) is 0 Å². The molecule has 0 saturated carbocycles. The summed E-state index contributed by atoms with van der Waals surface area (Å²) in [6.07, 6.45) is 1.50. The van der Waals surface area contributed by atoms with E-state index in [1.165, 1.54) is 16.9 Å². The third-order valence-electron chi connectivity index (χ3n) is 2.95. The second-order valence-electron chi connectivity index (χ2n) is 4.87. The number of hydrogen-bond acceptors (Lipinski definition) is 4. The fourth-order valence-electron chi connectivity index (χ4n) is 2.02. The quantitative estimate of drug-likeness (QED) is 0.824. The van der Waals surface area contributed by atoms with E-state index in [4.69, 9.17) is 5.73 Å². The van der Waals surface area contributed by atoms with E-state index in [2.05, 4.69) is 38.4 Å². The number of carbonyl (C=O) groups excluding carboxylic acids is 1. The number of nitrogens with zero attached hydrogens (tertiary/aromatic N) is 1. The number of benzene rings is 1. The summed E-state index contributed by atoms with van der Waals surface area (Å²) in [7, 11) is 0. The highest BCUT2D eigenvalue weighted by Crippen LogP contribution is 2.14. The summed E-state index contributed by atoms with van der Waals surface area (Å²) in [4.78, 5) is 16.4. The van der Waals surface area contributed by atoms with E-state index in [1.54, 1.807) is 5.38 Å². The molecule has 1 heterocycles. The predicted octanol–water partition coefficient (Wildman–Crippen LogP) is 2.77. The highest BCUT2D eigenvalue weighted by molar-refractivity contribution is 9.10. The molecule has 1 aromatic heterocycles. The summed E-state index contributed by atoms with van der Waals surface area (Å²) >= 11 is 4.93. The molecule has 1 atom stereocenters. The van der Waals surface area contributed by atoms with Crippen molar-refractivity contribution in [2.75, 3.05) is 6.54 Å². The number of rotatable bonds is 6. The minimum absolute atomic E-state index is 0.0476. The maximum Gasteiger partial charge on any atom is 0.270 e. The Morgan fingerprint density at radius 1 is 1.52 bits per heavy atom. The SMILES string of the molecule is CC(Cc1cccc(Br)c1)NC(=O)c1csc(CCN)n1. The first-order chi connectivity index (χ1) is 10.1. The van der Waals surface area contributed by atoms with Gasteiger partial charge in [-0.2, -0.15) is 0 Å². The minimum Gasteiger partial charge on any atom is -0.348 e. The van der Waals surface area contributed by atoms with Crippen molar-refractivity contribution >= 4 is 33.2 Å². The molecular weight excluding hydrogens is 350 g/mol. The standard InChI is InChI=1S/C15H18BrN3OS/c1-10(7-11-3-2-4-12(16)8-11)18-15(20)13-9-21-14(19-13)5-6-17/h2-4,8-10H,5-7,17H2,1H3,(H,18,20). The number of nitrogens with two attached hydrogens (primary N) is 1. The van der Waals surface area contributed by atoms with Crippen LogP contribution < -0.4 is 11.1 Å².